The number of esters is 1. The summed E-state index contributed by atoms with van der Waals surface area (Å²) >= 11 is 1.62. The van der Waals surface area contributed by atoms with Crippen LogP contribution in [-0.2, 0) is 19.1 Å². The van der Waals surface area contributed by atoms with E-state index in [9.17, 15) is 19.5 Å². The highest BCUT2D eigenvalue weighted by atomic mass is 32.2. The van der Waals surface area contributed by atoms with Crippen LogP contribution < -0.4 is 0 Å². The second kappa shape index (κ2) is 12.6. The molecule has 3 fully saturated rings. The van der Waals surface area contributed by atoms with Gasteiger partial charge < -0.3 is 19.6 Å². The topological polar surface area (TPSA) is 87.1 Å². The van der Waals surface area contributed by atoms with Gasteiger partial charge in [-0.05, 0) is 56.9 Å². The minimum Gasteiger partial charge on any atom is -0.465 e. The number of fused-ring (bicyclic) bond motifs is 1. The fourth-order valence-corrected chi connectivity index (χ4v) is 9.99. The predicted molar refractivity (Wildman–Crippen MR) is 168 cm³/mol. The Kier molecular flexibility index (Phi) is 9.68. The van der Waals surface area contributed by atoms with Crippen LogP contribution in [-0.4, -0.2) is 74.0 Å². The van der Waals surface area contributed by atoms with Gasteiger partial charge in [0.15, 0.2) is 0 Å². The van der Waals surface area contributed by atoms with Crippen molar-refractivity contribution in [2.75, 3.05) is 19.8 Å². The molecule has 6 atom stereocenters. The molecular weight excluding hydrogens is 548 g/mol. The Labute approximate surface area is 255 Å². The molecule has 0 saturated carbocycles. The van der Waals surface area contributed by atoms with Gasteiger partial charge >= 0.3 is 5.97 Å². The number of thioether (sulfide) groups is 1. The van der Waals surface area contributed by atoms with Crippen LogP contribution in [0.15, 0.2) is 55.6 Å². The molecular formula is C34H48N2O5S. The standard InChI is InChI=1S/C34H48N2O5S/c1-8-10-14-20-41-31(40)26-25-17-18-34(42-25)27(26)29(38)36(24(21-37)23-15-12-11-13-16-23)28(34)30(39)35(19-9-2)33(6,7)22-32(3,4)5/h8-9,11-13,15-16,24-28,37H,1-2,10,14,17-22H2,3-7H3/t24-,25-,26+,27+,28?,34?/m1/s1. The summed E-state index contributed by atoms with van der Waals surface area (Å²) in [5.74, 6) is -2.06. The lowest BCUT2D eigenvalue weighted by Gasteiger charge is -2.46. The lowest BCUT2D eigenvalue weighted by molar-refractivity contribution is -0.154. The number of aliphatic hydroxyl groups excluding tert-OH is 1. The highest BCUT2D eigenvalue weighted by molar-refractivity contribution is 8.02. The smallest absolute Gasteiger partial charge is 0.310 e. The maximum Gasteiger partial charge on any atom is 0.310 e. The maximum atomic E-state index is 15.0. The Hall–Kier alpha value is -2.58. The monoisotopic (exact) mass is 596 g/mol. The van der Waals surface area contributed by atoms with Crippen LogP contribution >= 0.6 is 11.8 Å². The lowest BCUT2D eigenvalue weighted by atomic mass is 9.71. The average Bonchev–Trinajstić information content (AvgIpc) is 3.57. The molecule has 3 aliphatic rings. The molecule has 2 unspecified atom stereocenters. The number of ether oxygens (including phenoxy) is 1. The van der Waals surface area contributed by atoms with E-state index in [0.717, 1.165) is 24.8 Å². The van der Waals surface area contributed by atoms with Gasteiger partial charge in [-0.1, -0.05) is 63.3 Å². The van der Waals surface area contributed by atoms with Gasteiger partial charge in [0, 0.05) is 17.3 Å². The number of carbonyl (C=O) groups excluding carboxylic acids is 3. The first-order chi connectivity index (χ1) is 19.8. The van der Waals surface area contributed by atoms with Crippen molar-refractivity contribution in [2.24, 2.45) is 17.3 Å². The van der Waals surface area contributed by atoms with Crippen molar-refractivity contribution < 1.29 is 24.2 Å². The number of allylic oxidation sites excluding steroid dienone is 1. The predicted octanol–water partition coefficient (Wildman–Crippen LogP) is 5.55. The molecule has 230 valence electrons. The normalized spacial score (nSPS) is 27.5. The van der Waals surface area contributed by atoms with Crippen LogP contribution in [0.25, 0.3) is 0 Å². The van der Waals surface area contributed by atoms with Crippen LogP contribution in [0.4, 0.5) is 0 Å². The SMILES string of the molecule is C=CCCCOC(=O)[C@@H]1[C@H]2C(=O)N([C@H](CO)c3ccccc3)C(C(=O)N(CC=C)C(C)(C)CC(C)(C)C)C23CC[C@H]1S3. The van der Waals surface area contributed by atoms with Crippen molar-refractivity contribution in [1.82, 2.24) is 9.80 Å². The number of amides is 2. The molecule has 3 saturated heterocycles. The molecule has 1 spiro atoms. The van der Waals surface area contributed by atoms with Crippen LogP contribution in [0.2, 0.25) is 0 Å². The highest BCUT2D eigenvalue weighted by Crippen LogP contribution is 2.67. The number of likely N-dealkylation sites (tertiary alicyclic amines) is 1. The van der Waals surface area contributed by atoms with Gasteiger partial charge in [0.05, 0.1) is 35.8 Å². The van der Waals surface area contributed by atoms with Crippen molar-refractivity contribution in [2.45, 2.75) is 94.3 Å². The molecule has 1 aromatic carbocycles. The molecule has 3 heterocycles. The molecule has 0 aliphatic carbocycles. The minimum atomic E-state index is -0.833. The van der Waals surface area contributed by atoms with Gasteiger partial charge in [0.25, 0.3) is 0 Å². The zero-order valence-electron chi connectivity index (χ0n) is 25.9. The van der Waals surface area contributed by atoms with Gasteiger partial charge in [0.1, 0.15) is 6.04 Å². The summed E-state index contributed by atoms with van der Waals surface area (Å²) in [5.41, 5.74) is 0.183. The summed E-state index contributed by atoms with van der Waals surface area (Å²) in [5, 5.41) is 10.7. The molecule has 7 nitrogen and oxygen atoms in total. The summed E-state index contributed by atoms with van der Waals surface area (Å²) in [6.07, 6.45) is 7.08. The number of hydrogen-bond donors (Lipinski definition) is 1. The van der Waals surface area contributed by atoms with Gasteiger partial charge in [-0.15, -0.1) is 24.9 Å². The van der Waals surface area contributed by atoms with Gasteiger partial charge in [-0.25, -0.2) is 0 Å². The Balaban J connectivity index is 1.80. The van der Waals surface area contributed by atoms with E-state index in [-0.39, 0.29) is 41.7 Å². The largest absolute Gasteiger partial charge is 0.465 e. The third-order valence-corrected chi connectivity index (χ3v) is 11.0. The molecule has 1 N–H and O–H groups in total. The fourth-order valence-electron chi connectivity index (χ4n) is 7.81. The molecule has 8 heteroatoms. The number of nitrogens with zero attached hydrogens (tertiary/aromatic N) is 2. The first kappa shape index (κ1) is 32.3. The number of rotatable bonds is 13. The Morgan fingerprint density at radius 3 is 2.48 bits per heavy atom. The maximum absolute atomic E-state index is 15.0. The van der Waals surface area contributed by atoms with Gasteiger partial charge in [-0.2, -0.15) is 0 Å². The minimum absolute atomic E-state index is 0.0477. The number of unbranched alkanes of at least 4 members (excludes halogenated alkanes) is 1. The lowest BCUT2D eigenvalue weighted by Crippen LogP contribution is -2.60. The fraction of sp³-hybridized carbons (Fsp3) is 0.618. The van der Waals surface area contributed by atoms with E-state index in [0.29, 0.717) is 19.4 Å². The number of benzene rings is 1. The zero-order chi connectivity index (χ0) is 30.9. The van der Waals surface area contributed by atoms with E-state index in [1.54, 1.807) is 28.8 Å². The third kappa shape index (κ3) is 5.94. The number of hydrogen-bond acceptors (Lipinski definition) is 6. The first-order valence-electron chi connectivity index (χ1n) is 15.2. The summed E-state index contributed by atoms with van der Waals surface area (Å²) in [7, 11) is 0. The van der Waals surface area contributed by atoms with Crippen LogP contribution in [0, 0.1) is 17.3 Å². The molecule has 3 aliphatic heterocycles. The molecule has 2 amide bonds. The molecule has 42 heavy (non-hydrogen) atoms. The molecule has 0 aromatic heterocycles. The van der Waals surface area contributed by atoms with E-state index < -0.39 is 34.2 Å². The summed E-state index contributed by atoms with van der Waals surface area (Å²) in [6, 6.07) is 7.83. The van der Waals surface area contributed by atoms with Crippen molar-refractivity contribution >= 4 is 29.5 Å². The number of aliphatic hydroxyl groups is 1. The van der Waals surface area contributed by atoms with Crippen LogP contribution in [0.1, 0.15) is 78.3 Å². The quantitative estimate of drug-likeness (QED) is 0.183. The molecule has 0 radical (unpaired) electrons. The zero-order valence-corrected chi connectivity index (χ0v) is 26.7. The molecule has 2 bridgehead atoms. The third-order valence-electron chi connectivity index (χ3n) is 9.01. The second-order valence-corrected chi connectivity index (χ2v) is 15.4. The second-order valence-electron chi connectivity index (χ2n) is 13.8. The van der Waals surface area contributed by atoms with Crippen LogP contribution in [0.3, 0.4) is 0 Å². The van der Waals surface area contributed by atoms with Crippen molar-refractivity contribution in [1.29, 1.82) is 0 Å². The van der Waals surface area contributed by atoms with E-state index in [1.807, 2.05) is 35.2 Å². The molecule has 4 rings (SSSR count). The van der Waals surface area contributed by atoms with E-state index in [4.69, 9.17) is 4.74 Å². The van der Waals surface area contributed by atoms with Crippen molar-refractivity contribution in [3.63, 3.8) is 0 Å². The Morgan fingerprint density at radius 1 is 1.19 bits per heavy atom. The summed E-state index contributed by atoms with van der Waals surface area (Å²) in [6.45, 7) is 18.6. The summed E-state index contributed by atoms with van der Waals surface area (Å²) < 4.78 is 4.93. The van der Waals surface area contributed by atoms with Crippen molar-refractivity contribution in [3.05, 3.63) is 61.2 Å². The molecule has 1 aromatic rings. The summed E-state index contributed by atoms with van der Waals surface area (Å²) in [4.78, 5) is 46.6. The first-order valence-corrected chi connectivity index (χ1v) is 16.1. The Bertz CT molecular complexity index is 1180. The van der Waals surface area contributed by atoms with Crippen LogP contribution in [0.5, 0.6) is 0 Å². The highest BCUT2D eigenvalue weighted by Gasteiger charge is 2.75. The van der Waals surface area contributed by atoms with Crippen molar-refractivity contribution in [3.8, 4) is 0 Å². The Morgan fingerprint density at radius 2 is 1.88 bits per heavy atom. The average molecular weight is 597 g/mol. The number of carbonyl (C=O) groups is 3. The van der Waals surface area contributed by atoms with Gasteiger partial charge in [-0.3, -0.25) is 14.4 Å². The van der Waals surface area contributed by atoms with E-state index >= 15 is 0 Å². The van der Waals surface area contributed by atoms with E-state index in [2.05, 4.69) is 47.8 Å². The van der Waals surface area contributed by atoms with Gasteiger partial charge in [0.2, 0.25) is 11.8 Å². The van der Waals surface area contributed by atoms with E-state index in [1.165, 1.54) is 0 Å².